The number of carbonyl (C=O) groups is 1. The van der Waals surface area contributed by atoms with E-state index in [0.29, 0.717) is 34.1 Å². The minimum atomic E-state index is -0.552. The van der Waals surface area contributed by atoms with E-state index in [4.69, 9.17) is 9.26 Å². The van der Waals surface area contributed by atoms with E-state index in [9.17, 15) is 9.18 Å². The fourth-order valence-corrected chi connectivity index (χ4v) is 4.03. The summed E-state index contributed by atoms with van der Waals surface area (Å²) in [5, 5.41) is 7.17. The van der Waals surface area contributed by atoms with Crippen LogP contribution in [0, 0.1) is 5.82 Å². The number of carbonyl (C=O) groups excluding carboxylic acids is 1. The molecule has 2 amide bonds. The van der Waals surface area contributed by atoms with Crippen molar-refractivity contribution in [1.82, 2.24) is 15.5 Å². The summed E-state index contributed by atoms with van der Waals surface area (Å²) in [6, 6.07) is 21.8. The second kappa shape index (κ2) is 8.82. The number of nitrogens with one attached hydrogen (secondary N) is 1. The molecule has 8 heteroatoms. The van der Waals surface area contributed by atoms with Gasteiger partial charge in [-0.05, 0) is 61.0 Å². The highest BCUT2D eigenvalue weighted by molar-refractivity contribution is 6.01. The van der Waals surface area contributed by atoms with Crippen molar-refractivity contribution >= 4 is 17.3 Å². The van der Waals surface area contributed by atoms with Gasteiger partial charge in [0.2, 0.25) is 5.82 Å². The summed E-state index contributed by atoms with van der Waals surface area (Å²) in [4.78, 5) is 19.4. The molecule has 0 radical (unpaired) electrons. The summed E-state index contributed by atoms with van der Waals surface area (Å²) in [6.45, 7) is 1.84. The van der Waals surface area contributed by atoms with Crippen molar-refractivity contribution in [3.63, 3.8) is 0 Å². The number of rotatable bonds is 5. The fourth-order valence-electron chi connectivity index (χ4n) is 4.03. The number of halogens is 1. The summed E-state index contributed by atoms with van der Waals surface area (Å²) in [5.74, 6) is 0.887. The number of aromatic nitrogens is 2. The van der Waals surface area contributed by atoms with E-state index >= 15 is 0 Å². The first-order chi connectivity index (χ1) is 16.5. The van der Waals surface area contributed by atoms with Crippen molar-refractivity contribution in [3.8, 4) is 17.1 Å². The molecular formula is C26H21FN4O3. The molecule has 1 aliphatic heterocycles. The quantitative estimate of drug-likeness (QED) is 0.424. The zero-order valence-electron chi connectivity index (χ0n) is 18.5. The second-order valence-electron chi connectivity index (χ2n) is 7.76. The van der Waals surface area contributed by atoms with Gasteiger partial charge in [0.1, 0.15) is 11.6 Å². The number of hydrogen-bond acceptors (Lipinski definition) is 5. The summed E-state index contributed by atoms with van der Waals surface area (Å²) in [5.41, 5.74) is 3.43. The molecule has 1 N–H and O–H groups in total. The lowest BCUT2D eigenvalue weighted by Gasteiger charge is -2.35. The third-order valence-corrected chi connectivity index (χ3v) is 5.69. The molecule has 0 aliphatic carbocycles. The zero-order chi connectivity index (χ0) is 23.7. The molecule has 2 heterocycles. The smallest absolute Gasteiger partial charge is 0.326 e. The van der Waals surface area contributed by atoms with E-state index in [1.165, 1.54) is 12.1 Å². The van der Waals surface area contributed by atoms with Crippen LogP contribution < -0.4 is 15.0 Å². The predicted molar refractivity (Wildman–Crippen MR) is 125 cm³/mol. The van der Waals surface area contributed by atoms with E-state index in [1.807, 2.05) is 61.5 Å². The van der Waals surface area contributed by atoms with Crippen LogP contribution in [-0.2, 0) is 0 Å². The Morgan fingerprint density at radius 3 is 2.53 bits per heavy atom. The average Bonchev–Trinajstić information content (AvgIpc) is 3.34. The molecule has 170 valence electrons. The number of anilines is 1. The molecule has 0 saturated carbocycles. The Labute approximate surface area is 195 Å². The van der Waals surface area contributed by atoms with Gasteiger partial charge >= 0.3 is 6.03 Å². The summed E-state index contributed by atoms with van der Waals surface area (Å²) in [7, 11) is 1.59. The van der Waals surface area contributed by atoms with Crippen molar-refractivity contribution in [2.75, 3.05) is 12.0 Å². The Bertz CT molecular complexity index is 1370. The fraction of sp³-hybridized carbons (Fsp3) is 0.115. The minimum Gasteiger partial charge on any atom is -0.497 e. The van der Waals surface area contributed by atoms with Crippen LogP contribution >= 0.6 is 0 Å². The lowest BCUT2D eigenvalue weighted by atomic mass is 9.94. The second-order valence-corrected chi connectivity index (χ2v) is 7.76. The van der Waals surface area contributed by atoms with E-state index < -0.39 is 6.04 Å². The monoisotopic (exact) mass is 456 g/mol. The molecule has 4 aromatic rings. The van der Waals surface area contributed by atoms with Crippen LogP contribution in [0.25, 0.3) is 17.0 Å². The number of nitrogens with zero attached hydrogens (tertiary/aromatic N) is 3. The number of urea groups is 1. The Kier molecular flexibility index (Phi) is 5.55. The number of hydrogen-bond donors (Lipinski definition) is 1. The molecule has 1 aliphatic rings. The van der Waals surface area contributed by atoms with Crippen LogP contribution in [0.1, 0.15) is 24.4 Å². The molecule has 1 unspecified atom stereocenters. The first-order valence-electron chi connectivity index (χ1n) is 10.7. The van der Waals surface area contributed by atoms with Crippen molar-refractivity contribution in [2.24, 2.45) is 0 Å². The van der Waals surface area contributed by atoms with Crippen LogP contribution in [0.15, 0.2) is 89.1 Å². The summed E-state index contributed by atoms with van der Waals surface area (Å²) in [6.07, 6.45) is 0. The maximum absolute atomic E-state index is 13.4. The molecule has 5 rings (SSSR count). The Morgan fingerprint density at radius 1 is 1.03 bits per heavy atom. The van der Waals surface area contributed by atoms with Gasteiger partial charge in [0, 0.05) is 11.3 Å². The van der Waals surface area contributed by atoms with Crippen LogP contribution in [0.3, 0.4) is 0 Å². The van der Waals surface area contributed by atoms with Gasteiger partial charge in [0.15, 0.2) is 0 Å². The third kappa shape index (κ3) is 3.90. The Morgan fingerprint density at radius 2 is 1.79 bits per heavy atom. The van der Waals surface area contributed by atoms with Gasteiger partial charge in [0.25, 0.3) is 5.89 Å². The third-order valence-electron chi connectivity index (χ3n) is 5.69. The van der Waals surface area contributed by atoms with Crippen LogP contribution in [0.2, 0.25) is 0 Å². The molecule has 0 fully saturated rings. The number of benzene rings is 3. The Hall–Kier alpha value is -4.46. The normalized spacial score (nSPS) is 15.9. The summed E-state index contributed by atoms with van der Waals surface area (Å²) < 4.78 is 24.4. The average molecular weight is 456 g/mol. The van der Waals surface area contributed by atoms with E-state index in [2.05, 4.69) is 15.5 Å². The van der Waals surface area contributed by atoms with Gasteiger partial charge in [0.05, 0.1) is 24.4 Å². The molecule has 34 heavy (non-hydrogen) atoms. The number of ether oxygens (including phenoxy) is 1. The molecule has 0 spiro atoms. The molecule has 0 saturated heterocycles. The van der Waals surface area contributed by atoms with E-state index in [-0.39, 0.29) is 17.7 Å². The Balaban J connectivity index is 1.65. The van der Waals surface area contributed by atoms with Gasteiger partial charge in [-0.15, -0.1) is 0 Å². The van der Waals surface area contributed by atoms with Crippen molar-refractivity contribution in [1.29, 1.82) is 0 Å². The highest BCUT2D eigenvalue weighted by atomic mass is 19.1. The van der Waals surface area contributed by atoms with Crippen molar-refractivity contribution in [3.05, 3.63) is 102 Å². The highest BCUT2D eigenvalue weighted by Gasteiger charge is 2.36. The van der Waals surface area contributed by atoms with E-state index in [1.54, 1.807) is 24.1 Å². The molecule has 3 aromatic carbocycles. The van der Waals surface area contributed by atoms with Gasteiger partial charge in [-0.3, -0.25) is 4.90 Å². The van der Waals surface area contributed by atoms with Gasteiger partial charge < -0.3 is 14.6 Å². The number of methoxy groups -OCH3 is 1. The topological polar surface area (TPSA) is 80.5 Å². The minimum absolute atomic E-state index is 0.255. The first-order valence-corrected chi connectivity index (χ1v) is 10.7. The van der Waals surface area contributed by atoms with Crippen molar-refractivity contribution < 1.29 is 18.4 Å². The van der Waals surface area contributed by atoms with Gasteiger partial charge in [-0.25, -0.2) is 9.18 Å². The maximum Gasteiger partial charge on any atom is 0.326 e. The molecule has 0 bridgehead atoms. The zero-order valence-corrected chi connectivity index (χ0v) is 18.5. The standard InChI is InChI=1S/C26H21FN4O3/c1-16-22(25-29-24(30-34-25)17-11-13-19(27)14-12-17)23(18-7-6-10-21(15-18)33-2)28-26(32)31(16)20-8-4-3-5-9-20/h3-15,23H,1-2H3,(H,28,32). The van der Waals surface area contributed by atoms with Crippen molar-refractivity contribution in [2.45, 2.75) is 13.0 Å². The summed E-state index contributed by atoms with van der Waals surface area (Å²) >= 11 is 0. The van der Waals surface area contributed by atoms with Crippen LogP contribution in [-0.4, -0.2) is 23.3 Å². The largest absolute Gasteiger partial charge is 0.497 e. The number of allylic oxidation sites excluding steroid dienone is 1. The molecule has 7 nitrogen and oxygen atoms in total. The first kappa shape index (κ1) is 21.4. The molecule has 1 atom stereocenters. The lowest BCUT2D eigenvalue weighted by molar-refractivity contribution is 0.244. The van der Waals surface area contributed by atoms with Gasteiger partial charge in [-0.1, -0.05) is 35.5 Å². The molecular weight excluding hydrogens is 435 g/mol. The lowest BCUT2D eigenvalue weighted by Crippen LogP contribution is -2.46. The van der Waals surface area contributed by atoms with Crippen LogP contribution in [0.4, 0.5) is 14.9 Å². The highest BCUT2D eigenvalue weighted by Crippen LogP contribution is 2.39. The SMILES string of the molecule is COc1cccc(C2NC(=O)N(c3ccccc3)C(C)=C2c2nc(-c3ccc(F)cc3)no2)c1. The predicted octanol–water partition coefficient (Wildman–Crippen LogP) is 5.59. The van der Waals surface area contributed by atoms with Crippen LogP contribution in [0.5, 0.6) is 5.75 Å². The maximum atomic E-state index is 13.4. The number of amides is 2. The molecule has 1 aromatic heterocycles. The van der Waals surface area contributed by atoms with E-state index in [0.717, 1.165) is 5.56 Å². The number of para-hydroxylation sites is 1. The van der Waals surface area contributed by atoms with Gasteiger partial charge in [-0.2, -0.15) is 4.98 Å².